The van der Waals surface area contributed by atoms with Gasteiger partial charge < -0.3 is 4.74 Å². The summed E-state index contributed by atoms with van der Waals surface area (Å²) >= 11 is 1.83. The minimum Gasteiger partial charge on any atom is -0.405 e. The van der Waals surface area contributed by atoms with Gasteiger partial charge in [0.15, 0.2) is 6.29 Å². The highest BCUT2D eigenvalue weighted by Crippen LogP contribution is 2.26. The molecule has 0 saturated heterocycles. The van der Waals surface area contributed by atoms with E-state index in [1.165, 1.54) is 12.1 Å². The summed E-state index contributed by atoms with van der Waals surface area (Å²) in [5.74, 6) is -0.473. The van der Waals surface area contributed by atoms with E-state index >= 15 is 0 Å². The van der Waals surface area contributed by atoms with Crippen LogP contribution >= 0.6 is 22.6 Å². The summed E-state index contributed by atoms with van der Waals surface area (Å²) < 4.78 is 39.8. The molecule has 0 saturated carbocycles. The normalized spacial score (nSPS) is 11.1. The van der Waals surface area contributed by atoms with E-state index in [9.17, 15) is 18.0 Å². The number of hydrogen-bond acceptors (Lipinski definition) is 2. The van der Waals surface area contributed by atoms with Crippen molar-refractivity contribution < 1.29 is 22.7 Å². The van der Waals surface area contributed by atoms with Gasteiger partial charge in [-0.15, -0.1) is 13.2 Å². The van der Waals surface area contributed by atoms with Gasteiger partial charge in [0, 0.05) is 3.57 Å². The van der Waals surface area contributed by atoms with Gasteiger partial charge in [-0.3, -0.25) is 4.79 Å². The molecule has 0 aliphatic carbocycles. The van der Waals surface area contributed by atoms with Crippen molar-refractivity contribution in [3.8, 4) is 5.75 Å². The van der Waals surface area contributed by atoms with Crippen molar-refractivity contribution in [2.45, 2.75) is 6.36 Å². The molecular weight excluding hydrogens is 312 g/mol. The van der Waals surface area contributed by atoms with Crippen LogP contribution in [-0.4, -0.2) is 12.6 Å². The summed E-state index contributed by atoms with van der Waals surface area (Å²) in [6.45, 7) is 0. The van der Waals surface area contributed by atoms with E-state index in [-0.39, 0.29) is 5.56 Å². The van der Waals surface area contributed by atoms with Gasteiger partial charge in [0.25, 0.3) is 0 Å². The van der Waals surface area contributed by atoms with Gasteiger partial charge in [0.05, 0.1) is 5.56 Å². The van der Waals surface area contributed by atoms with Crippen molar-refractivity contribution >= 4 is 28.9 Å². The number of hydrogen-bond donors (Lipinski definition) is 0. The molecule has 0 bridgehead atoms. The molecule has 0 radical (unpaired) electrons. The van der Waals surface area contributed by atoms with Gasteiger partial charge in [-0.05, 0) is 40.8 Å². The Kier molecular flexibility index (Phi) is 3.35. The predicted octanol–water partition coefficient (Wildman–Crippen LogP) is 3.00. The van der Waals surface area contributed by atoms with Crippen LogP contribution in [0.15, 0.2) is 18.2 Å². The molecule has 0 atom stereocenters. The fourth-order valence-electron chi connectivity index (χ4n) is 0.819. The largest absolute Gasteiger partial charge is 0.573 e. The highest BCUT2D eigenvalue weighted by atomic mass is 127. The van der Waals surface area contributed by atoms with Gasteiger partial charge >= 0.3 is 6.36 Å². The Hall–Kier alpha value is -0.790. The van der Waals surface area contributed by atoms with Crippen molar-refractivity contribution in [3.63, 3.8) is 0 Å². The van der Waals surface area contributed by atoms with Crippen LogP contribution < -0.4 is 4.74 Å². The average Bonchev–Trinajstić information content (AvgIpc) is 2.01. The summed E-state index contributed by atoms with van der Waals surface area (Å²) in [5.41, 5.74) is -0.122. The molecule has 1 aromatic rings. The number of carbonyl (C=O) groups is 1. The fraction of sp³-hybridized carbons (Fsp3) is 0.125. The predicted molar refractivity (Wildman–Crippen MR) is 51.2 cm³/mol. The van der Waals surface area contributed by atoms with E-state index in [1.54, 1.807) is 0 Å². The number of alkyl halides is 3. The lowest BCUT2D eigenvalue weighted by atomic mass is 10.2. The van der Waals surface area contributed by atoms with Crippen LogP contribution in [0.2, 0.25) is 0 Å². The Labute approximate surface area is 91.2 Å². The molecule has 0 unspecified atom stereocenters. The number of ether oxygens (including phenoxy) is 1. The van der Waals surface area contributed by atoms with E-state index in [4.69, 9.17) is 0 Å². The van der Waals surface area contributed by atoms with Gasteiger partial charge in [-0.2, -0.15) is 0 Å². The second-order valence-corrected chi connectivity index (χ2v) is 3.59. The summed E-state index contributed by atoms with van der Waals surface area (Å²) in [6.07, 6.45) is -4.46. The number of rotatable bonds is 2. The highest BCUT2D eigenvalue weighted by Gasteiger charge is 2.32. The number of halogens is 4. The van der Waals surface area contributed by atoms with Crippen molar-refractivity contribution in [2.24, 2.45) is 0 Å². The van der Waals surface area contributed by atoms with Gasteiger partial charge in [-0.25, -0.2) is 0 Å². The molecule has 0 heterocycles. The zero-order chi connectivity index (χ0) is 10.8. The molecule has 0 fully saturated rings. The van der Waals surface area contributed by atoms with E-state index in [1.807, 2.05) is 22.6 Å². The van der Waals surface area contributed by atoms with Crippen molar-refractivity contribution in [1.82, 2.24) is 0 Å². The van der Waals surface area contributed by atoms with Crippen molar-refractivity contribution in [1.29, 1.82) is 0 Å². The number of carbonyl (C=O) groups excluding carboxylic acids is 1. The monoisotopic (exact) mass is 316 g/mol. The molecule has 0 aliphatic heterocycles. The molecule has 0 N–H and O–H groups in total. The first-order chi connectivity index (χ1) is 6.42. The SMILES string of the molecule is O=Cc1ccc(I)cc1OC(F)(F)F. The quantitative estimate of drug-likeness (QED) is 0.619. The van der Waals surface area contributed by atoms with Crippen LogP contribution in [0.4, 0.5) is 13.2 Å². The number of benzene rings is 1. The first-order valence-electron chi connectivity index (χ1n) is 3.43. The van der Waals surface area contributed by atoms with Crippen LogP contribution in [0.3, 0.4) is 0 Å². The Morgan fingerprint density at radius 1 is 1.36 bits per heavy atom. The molecule has 76 valence electrons. The Balaban J connectivity index is 3.05. The van der Waals surface area contributed by atoms with Crippen molar-refractivity contribution in [3.05, 3.63) is 27.3 Å². The molecule has 6 heteroatoms. The smallest absolute Gasteiger partial charge is 0.405 e. The summed E-state index contributed by atoms with van der Waals surface area (Å²) in [4.78, 5) is 10.4. The van der Waals surface area contributed by atoms with Crippen LogP contribution in [0.25, 0.3) is 0 Å². The second-order valence-electron chi connectivity index (χ2n) is 2.35. The number of aldehydes is 1. The third kappa shape index (κ3) is 3.17. The first kappa shape index (κ1) is 11.3. The highest BCUT2D eigenvalue weighted by molar-refractivity contribution is 14.1. The Morgan fingerprint density at radius 2 is 2.00 bits per heavy atom. The zero-order valence-electron chi connectivity index (χ0n) is 6.64. The molecular formula is C8H4F3IO2. The topological polar surface area (TPSA) is 26.3 Å². The Morgan fingerprint density at radius 3 is 2.50 bits per heavy atom. The van der Waals surface area contributed by atoms with E-state index in [2.05, 4.69) is 4.74 Å². The molecule has 0 aromatic heterocycles. The van der Waals surface area contributed by atoms with E-state index in [0.29, 0.717) is 9.86 Å². The Bertz CT molecular complexity index is 349. The van der Waals surface area contributed by atoms with Gasteiger partial charge in [0.1, 0.15) is 5.75 Å². The summed E-state index contributed by atoms with van der Waals surface area (Å²) in [6, 6.07) is 3.95. The minimum atomic E-state index is -4.78. The van der Waals surface area contributed by atoms with Crippen molar-refractivity contribution in [2.75, 3.05) is 0 Å². The molecule has 0 amide bonds. The van der Waals surface area contributed by atoms with E-state index in [0.717, 1.165) is 6.07 Å². The molecule has 1 rings (SSSR count). The summed E-state index contributed by atoms with van der Waals surface area (Å²) in [7, 11) is 0. The van der Waals surface area contributed by atoms with Gasteiger partial charge in [0.2, 0.25) is 0 Å². The third-order valence-electron chi connectivity index (χ3n) is 1.33. The standard InChI is InChI=1S/C8H4F3IO2/c9-8(10,11)14-7-3-6(12)2-1-5(7)4-13/h1-4H. The minimum absolute atomic E-state index is 0.122. The molecule has 0 aliphatic rings. The van der Waals surface area contributed by atoms with Crippen LogP contribution in [0.1, 0.15) is 10.4 Å². The first-order valence-corrected chi connectivity index (χ1v) is 4.51. The molecule has 2 nitrogen and oxygen atoms in total. The maximum absolute atomic E-state index is 11.8. The lowest BCUT2D eigenvalue weighted by Gasteiger charge is -2.10. The molecule has 14 heavy (non-hydrogen) atoms. The zero-order valence-corrected chi connectivity index (χ0v) is 8.80. The summed E-state index contributed by atoms with van der Waals surface area (Å²) in [5, 5.41) is 0. The lowest BCUT2D eigenvalue weighted by Crippen LogP contribution is -2.18. The van der Waals surface area contributed by atoms with Crippen LogP contribution in [0, 0.1) is 3.57 Å². The average molecular weight is 316 g/mol. The fourth-order valence-corrected chi connectivity index (χ4v) is 1.28. The maximum Gasteiger partial charge on any atom is 0.573 e. The lowest BCUT2D eigenvalue weighted by molar-refractivity contribution is -0.274. The van der Waals surface area contributed by atoms with Crippen LogP contribution in [0.5, 0.6) is 5.75 Å². The third-order valence-corrected chi connectivity index (χ3v) is 2.00. The maximum atomic E-state index is 11.8. The second kappa shape index (κ2) is 4.16. The van der Waals surface area contributed by atoms with Gasteiger partial charge in [-0.1, -0.05) is 0 Å². The molecule has 1 aromatic carbocycles. The molecule has 0 spiro atoms. The van der Waals surface area contributed by atoms with E-state index < -0.39 is 12.1 Å². The van der Waals surface area contributed by atoms with Crippen LogP contribution in [-0.2, 0) is 0 Å².